The molecule has 3 atom stereocenters. The van der Waals surface area contributed by atoms with Crippen molar-refractivity contribution in [2.75, 3.05) is 5.32 Å². The summed E-state index contributed by atoms with van der Waals surface area (Å²) in [7, 11) is 0. The summed E-state index contributed by atoms with van der Waals surface area (Å²) < 4.78 is 0. The molecule has 3 rings (SSSR count). The average molecular weight is 236 g/mol. The highest BCUT2D eigenvalue weighted by Crippen LogP contribution is 2.44. The number of fused-ring (bicyclic) bond motifs is 1. The van der Waals surface area contributed by atoms with Gasteiger partial charge >= 0.3 is 0 Å². The first-order chi connectivity index (χ1) is 7.74. The van der Waals surface area contributed by atoms with Crippen molar-refractivity contribution < 1.29 is 5.11 Å². The lowest BCUT2D eigenvalue weighted by Gasteiger charge is -2.41. The maximum Gasteiger partial charge on any atom is 0.134 e. The fourth-order valence-corrected chi connectivity index (χ4v) is 2.87. The van der Waals surface area contributed by atoms with Gasteiger partial charge in [-0.25, -0.2) is 0 Å². The fraction of sp³-hybridized carbons (Fsp3) is 0.385. The molecule has 0 bridgehead atoms. The minimum atomic E-state index is 0.138. The van der Waals surface area contributed by atoms with E-state index in [2.05, 4.69) is 17.5 Å². The van der Waals surface area contributed by atoms with Crippen LogP contribution in [0.3, 0.4) is 0 Å². The Balaban J connectivity index is 1.70. The van der Waals surface area contributed by atoms with Crippen LogP contribution in [0, 0.1) is 11.8 Å². The van der Waals surface area contributed by atoms with Crippen LogP contribution in [0.15, 0.2) is 30.4 Å². The molecule has 0 radical (unpaired) electrons. The van der Waals surface area contributed by atoms with Gasteiger partial charge in [-0.1, -0.05) is 23.8 Å². The molecule has 3 unspecified atom stereocenters. The van der Waals surface area contributed by atoms with E-state index in [4.69, 9.17) is 11.6 Å². The van der Waals surface area contributed by atoms with Crippen molar-refractivity contribution in [3.8, 4) is 5.75 Å². The quantitative estimate of drug-likeness (QED) is 0.608. The molecule has 1 fully saturated rings. The van der Waals surface area contributed by atoms with Crippen LogP contribution in [0.1, 0.15) is 12.8 Å². The van der Waals surface area contributed by atoms with Gasteiger partial charge in [-0.3, -0.25) is 0 Å². The van der Waals surface area contributed by atoms with E-state index in [1.54, 1.807) is 12.1 Å². The first-order valence-electron chi connectivity index (χ1n) is 5.66. The van der Waals surface area contributed by atoms with Crippen LogP contribution in [-0.4, -0.2) is 11.1 Å². The van der Waals surface area contributed by atoms with Crippen LogP contribution in [0.5, 0.6) is 5.75 Å². The Labute approximate surface area is 99.9 Å². The second-order valence-corrected chi connectivity index (χ2v) is 5.06. The molecule has 0 aliphatic heterocycles. The molecular formula is C13H14ClNO. The van der Waals surface area contributed by atoms with Gasteiger partial charge in [0.25, 0.3) is 0 Å². The lowest BCUT2D eigenvalue weighted by Crippen LogP contribution is -2.43. The fourth-order valence-electron chi connectivity index (χ4n) is 2.69. The summed E-state index contributed by atoms with van der Waals surface area (Å²) in [6.07, 6.45) is 7.06. The van der Waals surface area contributed by atoms with Crippen molar-refractivity contribution in [1.29, 1.82) is 0 Å². The van der Waals surface area contributed by atoms with Gasteiger partial charge < -0.3 is 10.4 Å². The number of phenolic OH excluding ortho intramolecular Hbond substituents is 1. The Kier molecular flexibility index (Phi) is 2.32. The molecule has 2 nitrogen and oxygen atoms in total. The van der Waals surface area contributed by atoms with Crippen molar-refractivity contribution in [2.24, 2.45) is 11.8 Å². The van der Waals surface area contributed by atoms with Crippen molar-refractivity contribution in [3.63, 3.8) is 0 Å². The molecular weight excluding hydrogens is 222 g/mol. The largest absolute Gasteiger partial charge is 0.506 e. The SMILES string of the molecule is Oc1ccc(NC2CC3CC=CC32)cc1Cl. The summed E-state index contributed by atoms with van der Waals surface area (Å²) in [6, 6.07) is 5.81. The van der Waals surface area contributed by atoms with Crippen molar-refractivity contribution in [2.45, 2.75) is 18.9 Å². The summed E-state index contributed by atoms with van der Waals surface area (Å²) in [5.74, 6) is 1.68. The third-order valence-electron chi connectivity index (χ3n) is 3.66. The molecule has 1 saturated carbocycles. The first kappa shape index (κ1) is 10.0. The molecule has 2 aliphatic rings. The molecule has 2 N–H and O–H groups in total. The van der Waals surface area contributed by atoms with Gasteiger partial charge in [0.05, 0.1) is 5.02 Å². The molecule has 0 amide bonds. The summed E-state index contributed by atoms with van der Waals surface area (Å²) >= 11 is 5.87. The van der Waals surface area contributed by atoms with Gasteiger partial charge in [-0.2, -0.15) is 0 Å². The number of phenols is 1. The molecule has 84 valence electrons. The zero-order chi connectivity index (χ0) is 11.1. The highest BCUT2D eigenvalue weighted by molar-refractivity contribution is 6.32. The van der Waals surface area contributed by atoms with Crippen molar-refractivity contribution >= 4 is 17.3 Å². The Morgan fingerprint density at radius 2 is 2.25 bits per heavy atom. The number of anilines is 1. The van der Waals surface area contributed by atoms with E-state index in [0.717, 1.165) is 11.6 Å². The highest BCUT2D eigenvalue weighted by Gasteiger charge is 2.40. The minimum Gasteiger partial charge on any atom is -0.506 e. The Hall–Kier alpha value is -1.15. The second kappa shape index (κ2) is 3.70. The minimum absolute atomic E-state index is 0.138. The number of benzene rings is 1. The number of aromatic hydroxyl groups is 1. The Bertz CT molecular complexity index is 444. The van der Waals surface area contributed by atoms with E-state index in [1.165, 1.54) is 12.8 Å². The summed E-state index contributed by atoms with van der Waals surface area (Å²) in [5, 5.41) is 13.2. The number of hydrogen-bond acceptors (Lipinski definition) is 2. The Morgan fingerprint density at radius 1 is 1.38 bits per heavy atom. The third kappa shape index (κ3) is 1.57. The van der Waals surface area contributed by atoms with Crippen LogP contribution < -0.4 is 5.32 Å². The molecule has 0 saturated heterocycles. The maximum atomic E-state index is 9.33. The molecule has 0 heterocycles. The molecule has 1 aromatic carbocycles. The Morgan fingerprint density at radius 3 is 3.00 bits per heavy atom. The molecule has 0 spiro atoms. The zero-order valence-corrected chi connectivity index (χ0v) is 9.61. The van der Waals surface area contributed by atoms with Crippen molar-refractivity contribution in [1.82, 2.24) is 0 Å². The number of allylic oxidation sites excluding steroid dienone is 1. The number of hydrogen-bond donors (Lipinski definition) is 2. The van der Waals surface area contributed by atoms with Crippen LogP contribution in [0.25, 0.3) is 0 Å². The number of nitrogens with one attached hydrogen (secondary N) is 1. The monoisotopic (exact) mass is 235 g/mol. The number of halogens is 1. The van der Waals surface area contributed by atoms with Crippen LogP contribution >= 0.6 is 11.6 Å². The predicted octanol–water partition coefficient (Wildman–Crippen LogP) is 3.42. The van der Waals surface area contributed by atoms with Crippen LogP contribution in [0.4, 0.5) is 5.69 Å². The van der Waals surface area contributed by atoms with E-state index in [9.17, 15) is 5.11 Å². The summed E-state index contributed by atoms with van der Waals surface area (Å²) in [6.45, 7) is 0. The zero-order valence-electron chi connectivity index (χ0n) is 8.86. The highest BCUT2D eigenvalue weighted by atomic mass is 35.5. The third-order valence-corrected chi connectivity index (χ3v) is 3.97. The smallest absolute Gasteiger partial charge is 0.134 e. The normalized spacial score (nSPS) is 30.9. The van der Waals surface area contributed by atoms with E-state index in [1.807, 2.05) is 6.07 Å². The second-order valence-electron chi connectivity index (χ2n) is 4.65. The molecule has 0 aromatic heterocycles. The van der Waals surface area contributed by atoms with Gasteiger partial charge in [0.2, 0.25) is 0 Å². The first-order valence-corrected chi connectivity index (χ1v) is 6.03. The lowest BCUT2D eigenvalue weighted by atomic mass is 9.71. The van der Waals surface area contributed by atoms with Gasteiger partial charge in [0, 0.05) is 17.6 Å². The predicted molar refractivity (Wildman–Crippen MR) is 65.9 cm³/mol. The molecule has 1 aromatic rings. The van der Waals surface area contributed by atoms with E-state index in [0.29, 0.717) is 17.0 Å². The van der Waals surface area contributed by atoms with Gasteiger partial charge in [-0.15, -0.1) is 0 Å². The lowest BCUT2D eigenvalue weighted by molar-refractivity contribution is 0.218. The van der Waals surface area contributed by atoms with E-state index >= 15 is 0 Å². The molecule has 16 heavy (non-hydrogen) atoms. The van der Waals surface area contributed by atoms with E-state index in [-0.39, 0.29) is 5.75 Å². The summed E-state index contributed by atoms with van der Waals surface area (Å²) in [4.78, 5) is 0. The van der Waals surface area contributed by atoms with Gasteiger partial charge in [-0.05, 0) is 37.0 Å². The standard InChI is InChI=1S/C13H14ClNO/c14-11-7-9(4-5-13(11)16)15-12-6-8-2-1-3-10(8)12/h1,3-5,7-8,10,12,15-16H,2,6H2. The van der Waals surface area contributed by atoms with Gasteiger partial charge in [0.15, 0.2) is 0 Å². The van der Waals surface area contributed by atoms with Crippen LogP contribution in [-0.2, 0) is 0 Å². The molecule has 3 heteroatoms. The molecule has 2 aliphatic carbocycles. The van der Waals surface area contributed by atoms with Crippen LogP contribution in [0.2, 0.25) is 5.02 Å². The average Bonchev–Trinajstić information content (AvgIpc) is 2.61. The topological polar surface area (TPSA) is 32.3 Å². The maximum absolute atomic E-state index is 9.33. The van der Waals surface area contributed by atoms with Crippen molar-refractivity contribution in [3.05, 3.63) is 35.4 Å². The van der Waals surface area contributed by atoms with Gasteiger partial charge in [0.1, 0.15) is 5.75 Å². The summed E-state index contributed by atoms with van der Waals surface area (Å²) in [5.41, 5.74) is 0.992. The van der Waals surface area contributed by atoms with E-state index < -0.39 is 0 Å². The number of rotatable bonds is 2.